The highest BCUT2D eigenvalue weighted by Crippen LogP contribution is 2.21. The highest BCUT2D eigenvalue weighted by atomic mass is 16.6. The number of carbonyl (C=O) groups excluding carboxylic acids is 1. The third-order valence-corrected chi connectivity index (χ3v) is 4.63. The fourth-order valence-corrected chi connectivity index (χ4v) is 3.09. The summed E-state index contributed by atoms with van der Waals surface area (Å²) in [5, 5.41) is 10.8. The number of aromatic nitrogens is 1. The molecule has 148 valence electrons. The van der Waals surface area contributed by atoms with E-state index in [0.717, 1.165) is 22.5 Å². The van der Waals surface area contributed by atoms with Crippen LogP contribution < -0.4 is 0 Å². The molecule has 0 bridgehead atoms. The fraction of sp³-hybridized carbons (Fsp3) is 0.174. The van der Waals surface area contributed by atoms with Gasteiger partial charge in [-0.25, -0.2) is 4.79 Å². The summed E-state index contributed by atoms with van der Waals surface area (Å²) in [6.07, 6.45) is 3.77. The lowest BCUT2D eigenvalue weighted by Gasteiger charge is -2.10. The molecule has 0 N–H and O–H groups in total. The maximum Gasteiger partial charge on any atom is 0.339 e. The molecular weight excluding hydrogens is 368 g/mol. The lowest BCUT2D eigenvalue weighted by Crippen LogP contribution is -2.08. The molecule has 0 amide bonds. The minimum absolute atomic E-state index is 0.0510. The quantitative estimate of drug-likeness (QED) is 0.320. The van der Waals surface area contributed by atoms with E-state index in [9.17, 15) is 14.9 Å². The van der Waals surface area contributed by atoms with Crippen molar-refractivity contribution in [1.29, 1.82) is 0 Å². The van der Waals surface area contributed by atoms with Crippen LogP contribution in [0.25, 0.3) is 12.2 Å². The van der Waals surface area contributed by atoms with E-state index in [4.69, 9.17) is 4.74 Å². The predicted octanol–water partition coefficient (Wildman–Crippen LogP) is 5.10. The number of ether oxygens (including phenoxy) is 1. The van der Waals surface area contributed by atoms with Crippen molar-refractivity contribution in [3.8, 4) is 0 Å². The number of nitro benzene ring substituents is 1. The predicted molar refractivity (Wildman–Crippen MR) is 113 cm³/mol. The van der Waals surface area contributed by atoms with Gasteiger partial charge in [-0.1, -0.05) is 36.4 Å². The molecule has 6 nitrogen and oxygen atoms in total. The third-order valence-electron chi connectivity index (χ3n) is 4.63. The molecule has 0 saturated carbocycles. The number of non-ortho nitro benzene ring substituents is 1. The summed E-state index contributed by atoms with van der Waals surface area (Å²) in [5.41, 5.74) is 4.22. The molecule has 0 aliphatic carbocycles. The van der Waals surface area contributed by atoms with Crippen molar-refractivity contribution in [3.63, 3.8) is 0 Å². The summed E-state index contributed by atoms with van der Waals surface area (Å²) in [7, 11) is 0. The fourth-order valence-electron chi connectivity index (χ4n) is 3.09. The van der Waals surface area contributed by atoms with E-state index in [-0.39, 0.29) is 11.7 Å². The van der Waals surface area contributed by atoms with Crippen molar-refractivity contribution in [3.05, 3.63) is 98.9 Å². The zero-order chi connectivity index (χ0) is 20.8. The Morgan fingerprint density at radius 1 is 1.10 bits per heavy atom. The van der Waals surface area contributed by atoms with Gasteiger partial charge in [0.05, 0.1) is 17.1 Å². The van der Waals surface area contributed by atoms with Gasteiger partial charge in [-0.2, -0.15) is 0 Å². The number of hydrogen-bond donors (Lipinski definition) is 0. The Labute approximate surface area is 169 Å². The van der Waals surface area contributed by atoms with Crippen LogP contribution in [0, 0.1) is 17.0 Å². The number of esters is 1. The average molecular weight is 390 g/mol. The van der Waals surface area contributed by atoms with Gasteiger partial charge in [-0.15, -0.1) is 0 Å². The highest BCUT2D eigenvalue weighted by Gasteiger charge is 2.17. The van der Waals surface area contributed by atoms with Crippen molar-refractivity contribution in [1.82, 2.24) is 4.57 Å². The summed E-state index contributed by atoms with van der Waals surface area (Å²) in [6.45, 7) is 4.62. The molecule has 0 fully saturated rings. The van der Waals surface area contributed by atoms with E-state index >= 15 is 0 Å². The van der Waals surface area contributed by atoms with Gasteiger partial charge in [0, 0.05) is 30.1 Å². The summed E-state index contributed by atoms with van der Waals surface area (Å²) < 4.78 is 7.24. The number of nitrogens with zero attached hydrogens (tertiary/aromatic N) is 2. The Hall–Kier alpha value is -3.67. The molecule has 6 heteroatoms. The summed E-state index contributed by atoms with van der Waals surface area (Å²) in [4.78, 5) is 22.7. The van der Waals surface area contributed by atoms with E-state index < -0.39 is 4.92 Å². The first-order valence-corrected chi connectivity index (χ1v) is 9.33. The Morgan fingerprint density at radius 2 is 1.79 bits per heavy atom. The Bertz CT molecular complexity index is 1030. The van der Waals surface area contributed by atoms with Gasteiger partial charge >= 0.3 is 5.97 Å². The molecule has 3 aromatic rings. The van der Waals surface area contributed by atoms with Crippen LogP contribution in [0.2, 0.25) is 0 Å². The molecule has 1 heterocycles. The maximum atomic E-state index is 12.3. The minimum Gasteiger partial charge on any atom is -0.462 e. The largest absolute Gasteiger partial charge is 0.462 e. The van der Waals surface area contributed by atoms with E-state index in [1.807, 2.05) is 55.5 Å². The number of nitro groups is 1. The van der Waals surface area contributed by atoms with Crippen LogP contribution in [0.4, 0.5) is 5.69 Å². The number of hydrogen-bond acceptors (Lipinski definition) is 4. The summed E-state index contributed by atoms with van der Waals surface area (Å²) in [6, 6.07) is 18.1. The molecule has 0 unspecified atom stereocenters. The molecule has 1 aromatic heterocycles. The van der Waals surface area contributed by atoms with Crippen LogP contribution in [0.15, 0.2) is 60.7 Å². The zero-order valence-electron chi connectivity index (χ0n) is 16.4. The number of carbonyl (C=O) groups is 1. The van der Waals surface area contributed by atoms with Crippen molar-refractivity contribution < 1.29 is 14.5 Å². The van der Waals surface area contributed by atoms with Crippen molar-refractivity contribution in [2.75, 3.05) is 6.61 Å². The second-order valence-corrected chi connectivity index (χ2v) is 6.54. The normalized spacial score (nSPS) is 11.0. The second kappa shape index (κ2) is 9.01. The molecule has 29 heavy (non-hydrogen) atoms. The van der Waals surface area contributed by atoms with E-state index in [2.05, 4.69) is 4.57 Å². The van der Waals surface area contributed by atoms with Gasteiger partial charge in [0.1, 0.15) is 0 Å². The van der Waals surface area contributed by atoms with Crippen LogP contribution in [0.3, 0.4) is 0 Å². The van der Waals surface area contributed by atoms with Crippen LogP contribution in [-0.4, -0.2) is 22.1 Å². The van der Waals surface area contributed by atoms with Crippen LogP contribution in [0.1, 0.15) is 39.8 Å². The SMILES string of the molecule is CCOC(=O)c1cc(/C=C/c2ccc([N+](=O)[O-])cc2)n(Cc2ccccc2)c1C. The monoisotopic (exact) mass is 390 g/mol. The van der Waals surface area contributed by atoms with Gasteiger partial charge in [-0.05, 0) is 49.2 Å². The molecule has 0 radical (unpaired) electrons. The summed E-state index contributed by atoms with van der Waals surface area (Å²) >= 11 is 0. The smallest absolute Gasteiger partial charge is 0.339 e. The molecule has 3 rings (SSSR count). The number of benzene rings is 2. The van der Waals surface area contributed by atoms with Gasteiger partial charge < -0.3 is 9.30 Å². The van der Waals surface area contributed by atoms with E-state index in [1.165, 1.54) is 12.1 Å². The standard InChI is InChI=1S/C23H22N2O4/c1-3-29-23(26)22-15-21(14-11-18-9-12-20(13-10-18)25(27)28)24(17(22)2)16-19-7-5-4-6-8-19/h4-15H,3,16H2,1-2H3/b14-11+. The van der Waals surface area contributed by atoms with Crippen LogP contribution in [0.5, 0.6) is 0 Å². The first kappa shape index (κ1) is 20.1. The van der Waals surface area contributed by atoms with E-state index in [0.29, 0.717) is 18.7 Å². The third kappa shape index (κ3) is 4.79. The first-order chi connectivity index (χ1) is 14.0. The molecule has 2 aromatic carbocycles. The van der Waals surface area contributed by atoms with Gasteiger partial charge in [0.25, 0.3) is 5.69 Å². The zero-order valence-corrected chi connectivity index (χ0v) is 16.4. The van der Waals surface area contributed by atoms with Crippen LogP contribution >= 0.6 is 0 Å². The molecule has 0 spiro atoms. The maximum absolute atomic E-state index is 12.3. The lowest BCUT2D eigenvalue weighted by atomic mass is 10.2. The van der Waals surface area contributed by atoms with Crippen molar-refractivity contribution in [2.24, 2.45) is 0 Å². The topological polar surface area (TPSA) is 74.4 Å². The van der Waals surface area contributed by atoms with Crippen molar-refractivity contribution in [2.45, 2.75) is 20.4 Å². The number of rotatable bonds is 7. The Kier molecular flexibility index (Phi) is 6.24. The first-order valence-electron chi connectivity index (χ1n) is 9.33. The molecular formula is C23H22N2O4. The average Bonchev–Trinajstić information content (AvgIpc) is 3.03. The molecule has 0 aliphatic rings. The van der Waals surface area contributed by atoms with Crippen LogP contribution in [-0.2, 0) is 11.3 Å². The minimum atomic E-state index is -0.423. The molecule has 0 aliphatic heterocycles. The second-order valence-electron chi connectivity index (χ2n) is 6.54. The van der Waals surface area contributed by atoms with Gasteiger partial charge in [0.2, 0.25) is 0 Å². The molecule has 0 atom stereocenters. The lowest BCUT2D eigenvalue weighted by molar-refractivity contribution is -0.384. The van der Waals surface area contributed by atoms with Gasteiger partial charge in [-0.3, -0.25) is 10.1 Å². The Balaban J connectivity index is 1.95. The van der Waals surface area contributed by atoms with Crippen molar-refractivity contribution >= 4 is 23.8 Å². The highest BCUT2D eigenvalue weighted by molar-refractivity contribution is 5.92. The summed E-state index contributed by atoms with van der Waals surface area (Å²) in [5.74, 6) is -0.346. The molecule has 0 saturated heterocycles. The van der Waals surface area contributed by atoms with Gasteiger partial charge in [0.15, 0.2) is 0 Å². The van der Waals surface area contributed by atoms with E-state index in [1.54, 1.807) is 19.1 Å². The Morgan fingerprint density at radius 3 is 2.41 bits per heavy atom.